The van der Waals surface area contributed by atoms with Crippen LogP contribution in [0.2, 0.25) is 0 Å². The van der Waals surface area contributed by atoms with Gasteiger partial charge in [-0.05, 0) is 39.1 Å². The molecule has 0 aromatic carbocycles. The van der Waals surface area contributed by atoms with Crippen molar-refractivity contribution in [3.8, 4) is 0 Å². The molecule has 0 aliphatic heterocycles. The molecule has 0 aromatic rings. The number of carbonyl (C=O) groups excluding carboxylic acids is 1. The maximum absolute atomic E-state index is 11.6. The molecule has 0 saturated heterocycles. The molecule has 1 rings (SSSR count). The molecule has 1 aliphatic carbocycles. The van der Waals surface area contributed by atoms with Gasteiger partial charge in [0.2, 0.25) is 0 Å². The van der Waals surface area contributed by atoms with E-state index in [0.717, 1.165) is 0 Å². The Balaban J connectivity index is 2.56. The summed E-state index contributed by atoms with van der Waals surface area (Å²) in [5.74, 6) is 0. The third-order valence-electron chi connectivity index (χ3n) is 2.79. The Labute approximate surface area is 111 Å². The Kier molecular flexibility index (Phi) is 4.99. The first-order valence-electron chi connectivity index (χ1n) is 6.13. The third kappa shape index (κ3) is 4.94. The van der Waals surface area contributed by atoms with Crippen LogP contribution in [0.15, 0.2) is 5.11 Å². The first-order chi connectivity index (χ1) is 8.73. The Hall–Kier alpha value is -1.50. The van der Waals surface area contributed by atoms with Gasteiger partial charge in [0.25, 0.3) is 0 Å². The van der Waals surface area contributed by atoms with E-state index in [2.05, 4.69) is 15.3 Å². The highest BCUT2D eigenvalue weighted by atomic mass is 16.6. The minimum absolute atomic E-state index is 0.103. The van der Waals surface area contributed by atoms with Crippen LogP contribution in [0.4, 0.5) is 4.79 Å². The Morgan fingerprint density at radius 3 is 2.53 bits per heavy atom. The summed E-state index contributed by atoms with van der Waals surface area (Å²) in [4.78, 5) is 14.2. The molecule has 1 fully saturated rings. The molecular formula is C11H20N4O4. The summed E-state index contributed by atoms with van der Waals surface area (Å²) in [6, 6.07) is -1.29. The van der Waals surface area contributed by atoms with E-state index >= 15 is 0 Å². The van der Waals surface area contributed by atoms with Crippen molar-refractivity contribution < 1.29 is 19.7 Å². The van der Waals surface area contributed by atoms with Crippen LogP contribution in [0.1, 0.15) is 33.6 Å². The van der Waals surface area contributed by atoms with Crippen molar-refractivity contribution in [2.75, 3.05) is 0 Å². The van der Waals surface area contributed by atoms with Crippen LogP contribution in [-0.2, 0) is 4.74 Å². The molecule has 1 amide bonds. The van der Waals surface area contributed by atoms with Crippen LogP contribution in [0, 0.1) is 0 Å². The number of ether oxygens (including phenoxy) is 1. The van der Waals surface area contributed by atoms with E-state index in [0.29, 0.717) is 0 Å². The molecule has 4 atom stereocenters. The summed E-state index contributed by atoms with van der Waals surface area (Å²) in [6.07, 6.45) is -2.20. The maximum Gasteiger partial charge on any atom is 0.407 e. The summed E-state index contributed by atoms with van der Waals surface area (Å²) in [5, 5.41) is 25.6. The number of carbonyl (C=O) groups is 1. The van der Waals surface area contributed by atoms with Crippen molar-refractivity contribution in [2.45, 2.75) is 63.5 Å². The number of nitrogens with zero attached hydrogens (tertiary/aromatic N) is 3. The average Bonchev–Trinajstić information content (AvgIpc) is 2.22. The summed E-state index contributed by atoms with van der Waals surface area (Å²) in [6.45, 7) is 5.20. The minimum atomic E-state index is -0.890. The van der Waals surface area contributed by atoms with Crippen LogP contribution in [0.3, 0.4) is 0 Å². The molecule has 0 aromatic heterocycles. The second kappa shape index (κ2) is 6.10. The SMILES string of the molecule is CC(C)(C)OC(=O)N[C@@H]1C[C@@H](O)[C@H](N=[N+]=[N-])C[C@H]1O. The number of aliphatic hydroxyl groups is 2. The van der Waals surface area contributed by atoms with Gasteiger partial charge in [-0.15, -0.1) is 0 Å². The molecule has 0 spiro atoms. The highest BCUT2D eigenvalue weighted by Gasteiger charge is 2.36. The predicted octanol–water partition coefficient (Wildman–Crippen LogP) is 1.07. The van der Waals surface area contributed by atoms with E-state index in [4.69, 9.17) is 10.3 Å². The van der Waals surface area contributed by atoms with Gasteiger partial charge in [-0.25, -0.2) is 4.79 Å². The third-order valence-corrected chi connectivity index (χ3v) is 2.79. The first-order valence-corrected chi connectivity index (χ1v) is 6.13. The number of amides is 1. The normalized spacial score (nSPS) is 31.2. The number of rotatable bonds is 2. The summed E-state index contributed by atoms with van der Waals surface area (Å²) >= 11 is 0. The van der Waals surface area contributed by atoms with Gasteiger partial charge in [-0.3, -0.25) is 0 Å². The smallest absolute Gasteiger partial charge is 0.407 e. The van der Waals surface area contributed by atoms with Crippen LogP contribution < -0.4 is 5.32 Å². The van der Waals surface area contributed by atoms with Gasteiger partial charge in [0.05, 0.1) is 24.3 Å². The van der Waals surface area contributed by atoms with E-state index in [1.54, 1.807) is 20.8 Å². The maximum atomic E-state index is 11.6. The molecular weight excluding hydrogens is 252 g/mol. The predicted molar refractivity (Wildman–Crippen MR) is 67.3 cm³/mol. The number of aliphatic hydroxyl groups excluding tert-OH is 2. The van der Waals surface area contributed by atoms with Gasteiger partial charge in [-0.1, -0.05) is 5.11 Å². The van der Waals surface area contributed by atoms with E-state index < -0.39 is 36.0 Å². The highest BCUT2D eigenvalue weighted by Crippen LogP contribution is 2.23. The average molecular weight is 272 g/mol. The molecule has 108 valence electrons. The fourth-order valence-electron chi connectivity index (χ4n) is 1.95. The number of hydrogen-bond acceptors (Lipinski definition) is 5. The zero-order valence-corrected chi connectivity index (χ0v) is 11.3. The lowest BCUT2D eigenvalue weighted by Crippen LogP contribution is -2.53. The Morgan fingerprint density at radius 1 is 1.37 bits per heavy atom. The van der Waals surface area contributed by atoms with Gasteiger partial charge in [-0.2, -0.15) is 0 Å². The zero-order valence-electron chi connectivity index (χ0n) is 11.3. The number of alkyl carbamates (subject to hydrolysis) is 1. The van der Waals surface area contributed by atoms with Crippen LogP contribution in [0.25, 0.3) is 10.4 Å². The lowest BCUT2D eigenvalue weighted by molar-refractivity contribution is 0.00204. The summed E-state index contributed by atoms with van der Waals surface area (Å²) in [7, 11) is 0. The van der Waals surface area contributed by atoms with Crippen molar-refractivity contribution in [1.82, 2.24) is 5.32 Å². The quantitative estimate of drug-likeness (QED) is 0.394. The molecule has 0 radical (unpaired) electrons. The fourth-order valence-corrected chi connectivity index (χ4v) is 1.95. The number of hydrogen-bond donors (Lipinski definition) is 3. The zero-order chi connectivity index (χ0) is 14.6. The molecule has 3 N–H and O–H groups in total. The second-order valence-corrected chi connectivity index (χ2v) is 5.63. The van der Waals surface area contributed by atoms with Gasteiger partial charge in [0.15, 0.2) is 0 Å². The van der Waals surface area contributed by atoms with Gasteiger partial charge in [0, 0.05) is 4.91 Å². The molecule has 8 nitrogen and oxygen atoms in total. The van der Waals surface area contributed by atoms with Crippen molar-refractivity contribution in [3.63, 3.8) is 0 Å². The Bertz CT molecular complexity index is 375. The van der Waals surface area contributed by atoms with Gasteiger partial charge in [0.1, 0.15) is 5.60 Å². The van der Waals surface area contributed by atoms with E-state index in [9.17, 15) is 15.0 Å². The monoisotopic (exact) mass is 272 g/mol. The topological polar surface area (TPSA) is 128 Å². The van der Waals surface area contributed by atoms with E-state index in [1.807, 2.05) is 0 Å². The van der Waals surface area contributed by atoms with Crippen LogP contribution in [-0.4, -0.2) is 46.2 Å². The van der Waals surface area contributed by atoms with Crippen molar-refractivity contribution in [1.29, 1.82) is 0 Å². The van der Waals surface area contributed by atoms with E-state index in [1.165, 1.54) is 0 Å². The number of nitrogens with one attached hydrogen (secondary N) is 1. The lowest BCUT2D eigenvalue weighted by Gasteiger charge is -2.35. The van der Waals surface area contributed by atoms with Crippen LogP contribution in [0.5, 0.6) is 0 Å². The Morgan fingerprint density at radius 2 is 2.00 bits per heavy atom. The molecule has 1 saturated carbocycles. The first kappa shape index (κ1) is 15.6. The van der Waals surface area contributed by atoms with Crippen molar-refractivity contribution in [3.05, 3.63) is 10.4 Å². The second-order valence-electron chi connectivity index (χ2n) is 5.63. The van der Waals surface area contributed by atoms with Crippen molar-refractivity contribution in [2.24, 2.45) is 5.11 Å². The molecule has 0 bridgehead atoms. The molecule has 0 heterocycles. The fraction of sp³-hybridized carbons (Fsp3) is 0.909. The van der Waals surface area contributed by atoms with E-state index in [-0.39, 0.29) is 12.8 Å². The minimum Gasteiger partial charge on any atom is -0.444 e. The molecule has 8 heteroatoms. The molecule has 19 heavy (non-hydrogen) atoms. The molecule has 0 unspecified atom stereocenters. The number of azide groups is 1. The summed E-state index contributed by atoms with van der Waals surface area (Å²) < 4.78 is 5.07. The van der Waals surface area contributed by atoms with Gasteiger partial charge >= 0.3 is 6.09 Å². The van der Waals surface area contributed by atoms with Gasteiger partial charge < -0.3 is 20.3 Å². The lowest BCUT2D eigenvalue weighted by atomic mass is 9.87. The highest BCUT2D eigenvalue weighted by molar-refractivity contribution is 5.68. The standard InChI is InChI=1S/C11H20N4O4/c1-11(2,3)19-10(18)13-6-4-9(17)7(14-15-12)5-8(6)16/h6-9,16-17H,4-5H2,1-3H3,(H,13,18)/t6-,7-,8-,9-/m1/s1. The van der Waals surface area contributed by atoms with Crippen molar-refractivity contribution >= 4 is 6.09 Å². The molecule has 1 aliphatic rings. The van der Waals surface area contributed by atoms with Crippen LogP contribution >= 0.6 is 0 Å². The summed E-state index contributed by atoms with van der Waals surface area (Å²) in [5.41, 5.74) is 7.71. The largest absolute Gasteiger partial charge is 0.444 e.